The number of aryl methyl sites for hydroxylation is 2. The number of carbonyl (C=O) groups is 2. The van der Waals surface area contributed by atoms with Crippen LogP contribution in [-0.4, -0.2) is 43.8 Å². The van der Waals surface area contributed by atoms with Crippen molar-refractivity contribution in [2.24, 2.45) is 9.98 Å². The Labute approximate surface area is 322 Å². The average molecular weight is 770 g/mol. The van der Waals surface area contributed by atoms with Gasteiger partial charge in [0.25, 0.3) is 0 Å². The first-order chi connectivity index (χ1) is 25.0. The molecule has 0 saturated carbocycles. The Kier molecular flexibility index (Phi) is 21.6. The van der Waals surface area contributed by atoms with Gasteiger partial charge in [0.1, 0.15) is 11.5 Å². The summed E-state index contributed by atoms with van der Waals surface area (Å²) in [6, 6.07) is 25.8. The van der Waals surface area contributed by atoms with Crippen molar-refractivity contribution in [2.75, 3.05) is 0 Å². The summed E-state index contributed by atoms with van der Waals surface area (Å²) in [7, 11) is 0. The van der Waals surface area contributed by atoms with Crippen molar-refractivity contribution in [2.45, 2.75) is 91.9 Å². The Morgan fingerprint density at radius 3 is 1.34 bits per heavy atom. The second-order valence-electron chi connectivity index (χ2n) is 11.9. The van der Waals surface area contributed by atoms with Crippen LogP contribution in [0.5, 0.6) is 23.0 Å². The summed E-state index contributed by atoms with van der Waals surface area (Å²) in [5, 5.41) is 57.7. The predicted octanol–water partition coefficient (Wildman–Crippen LogP) is 9.14. The predicted molar refractivity (Wildman–Crippen MR) is 203 cm³/mol. The van der Waals surface area contributed by atoms with Crippen LogP contribution in [0.3, 0.4) is 0 Å². The molecule has 0 aliphatic carbocycles. The number of phenols is 2. The first-order valence-electron chi connectivity index (χ1n) is 17.7. The Hall–Kier alpha value is -5.15. The second kappa shape index (κ2) is 24.9. The van der Waals surface area contributed by atoms with Gasteiger partial charge in [-0.15, -0.1) is 0 Å². The van der Waals surface area contributed by atoms with Crippen molar-refractivity contribution in [3.8, 4) is 23.0 Å². The van der Waals surface area contributed by atoms with Crippen LogP contribution in [0.4, 0.5) is 11.4 Å². The minimum absolute atomic E-state index is 0. The van der Waals surface area contributed by atoms with Gasteiger partial charge >= 0.3 is 28.4 Å². The van der Waals surface area contributed by atoms with E-state index in [4.69, 9.17) is 30.4 Å². The number of benzene rings is 4. The molecule has 0 saturated heterocycles. The van der Waals surface area contributed by atoms with Gasteiger partial charge in [-0.25, -0.2) is 9.59 Å². The first kappa shape index (κ1) is 45.9. The molecule has 0 spiro atoms. The van der Waals surface area contributed by atoms with Gasteiger partial charge in [0, 0.05) is 0 Å². The van der Waals surface area contributed by atoms with Crippen LogP contribution in [0, 0.1) is 0 Å². The molecule has 4 aromatic carbocycles. The molecular formula is C42H50N2NiO8. The molecule has 0 aliphatic rings. The molecule has 0 aromatic heterocycles. The van der Waals surface area contributed by atoms with Crippen molar-refractivity contribution in [1.29, 1.82) is 0 Å². The van der Waals surface area contributed by atoms with E-state index in [1.807, 2.05) is 36.4 Å². The van der Waals surface area contributed by atoms with Crippen molar-refractivity contribution in [3.63, 3.8) is 0 Å². The summed E-state index contributed by atoms with van der Waals surface area (Å²) in [5.74, 6) is -5.25. The molecular weight excluding hydrogens is 719 g/mol. The van der Waals surface area contributed by atoms with Gasteiger partial charge in [0.15, 0.2) is 0 Å². The Balaban J connectivity index is 0.000000437. The van der Waals surface area contributed by atoms with E-state index < -0.39 is 34.9 Å². The summed E-state index contributed by atoms with van der Waals surface area (Å²) in [5.41, 5.74) is 4.48. The Morgan fingerprint density at radius 2 is 0.962 bits per heavy atom. The number of para-hydroxylation sites is 2. The fourth-order valence-corrected chi connectivity index (χ4v) is 5.28. The van der Waals surface area contributed by atoms with Crippen LogP contribution in [0.1, 0.15) is 111 Å². The fraction of sp³-hybridized carbons (Fsp3) is 0.333. The van der Waals surface area contributed by atoms with Crippen molar-refractivity contribution >= 4 is 34.7 Å². The smallest absolute Gasteiger partial charge is 0.869 e. The fourth-order valence-electron chi connectivity index (χ4n) is 5.28. The van der Waals surface area contributed by atoms with Crippen LogP contribution in [0.25, 0.3) is 0 Å². The van der Waals surface area contributed by atoms with E-state index in [2.05, 4.69) is 38.1 Å². The number of unbranched alkanes of at least 4 members (excludes halogenated alkanes) is 5. The van der Waals surface area contributed by atoms with E-state index in [0.29, 0.717) is 24.0 Å². The molecule has 4 rings (SSSR count). The van der Waals surface area contributed by atoms with Crippen molar-refractivity contribution in [3.05, 3.63) is 107 Å². The van der Waals surface area contributed by atoms with Crippen LogP contribution >= 0.6 is 0 Å². The topological polar surface area (TPSA) is 186 Å². The summed E-state index contributed by atoms with van der Waals surface area (Å²) in [6.07, 6.45) is 10.6. The molecule has 53 heavy (non-hydrogen) atoms. The normalized spacial score (nSPS) is 10.9. The molecule has 0 aliphatic heterocycles. The first-order valence-corrected chi connectivity index (χ1v) is 17.7. The third kappa shape index (κ3) is 15.2. The zero-order valence-corrected chi connectivity index (χ0v) is 31.8. The van der Waals surface area contributed by atoms with Crippen molar-refractivity contribution < 1.29 is 56.7 Å². The minimum atomic E-state index is -1.29. The molecule has 0 atom stereocenters. The van der Waals surface area contributed by atoms with E-state index in [1.165, 1.54) is 62.8 Å². The van der Waals surface area contributed by atoms with Gasteiger partial charge in [-0.1, -0.05) is 120 Å². The number of aromatic hydroxyl groups is 2. The molecule has 11 heteroatoms. The second-order valence-corrected chi connectivity index (χ2v) is 11.9. The monoisotopic (exact) mass is 768 g/mol. The third-order valence-corrected chi connectivity index (χ3v) is 8.11. The molecule has 0 amide bonds. The molecule has 0 bridgehead atoms. The third-order valence-electron chi connectivity index (χ3n) is 8.11. The van der Waals surface area contributed by atoms with E-state index >= 15 is 0 Å². The van der Waals surface area contributed by atoms with Gasteiger partial charge in [-0.2, -0.15) is 0 Å². The quantitative estimate of drug-likeness (QED) is 0.0524. The summed E-state index contributed by atoms with van der Waals surface area (Å²) in [6.45, 7) is 7.93. The van der Waals surface area contributed by atoms with Gasteiger partial charge in [0.2, 0.25) is 0 Å². The number of phenolic OH excluding ortho intramolecular Hbond substituents is 2. The average Bonchev–Trinajstić information content (AvgIpc) is 3.14. The number of hydrogen-bond acceptors (Lipinski definition) is 8. The van der Waals surface area contributed by atoms with E-state index in [9.17, 15) is 19.8 Å². The maximum atomic E-state index is 11.2. The molecule has 0 unspecified atom stereocenters. The van der Waals surface area contributed by atoms with Gasteiger partial charge in [-0.3, -0.25) is 9.98 Å². The van der Waals surface area contributed by atoms with E-state index in [-0.39, 0.29) is 27.6 Å². The Bertz CT molecular complexity index is 1710. The number of aromatic carboxylic acids is 2. The summed E-state index contributed by atoms with van der Waals surface area (Å²) in [4.78, 5) is 31.1. The van der Waals surface area contributed by atoms with Crippen LogP contribution in [0.15, 0.2) is 94.9 Å². The summed E-state index contributed by atoms with van der Waals surface area (Å²) < 4.78 is 0. The molecule has 0 radical (unpaired) electrons. The van der Waals surface area contributed by atoms with Gasteiger partial charge in [0.05, 0.1) is 33.9 Å². The Morgan fingerprint density at radius 1 is 0.566 bits per heavy atom. The minimum Gasteiger partial charge on any atom is -0.869 e. The van der Waals surface area contributed by atoms with Gasteiger partial charge < -0.3 is 30.6 Å². The number of hydrogen-bond donors (Lipinski definition) is 4. The standard InChI is InChI=1S/C24H32N2.2C9H10O4.Ni/c1-3-5-6-7-8-15-20-24(26-22-18-13-10-14-19-22)23(4-2)25-21-16-11-9-12-17-21;2*1-2-5-3-4-6(10)8(11)7(5)9(12)13;/h9-14,16-19H,3-8,15,20H2,1-2H3;2*3-4,10-11H,2H2,1H3,(H,12,13);/q;;;+2/p-2. The molecule has 10 nitrogen and oxygen atoms in total. The number of nitrogens with zero attached hydrogens (tertiary/aromatic N) is 2. The maximum absolute atomic E-state index is 11.2. The number of rotatable bonds is 15. The van der Waals surface area contributed by atoms with E-state index in [1.54, 1.807) is 13.8 Å². The number of carboxylic acid groups (broad SMARTS) is 2. The molecule has 0 fully saturated rings. The maximum Gasteiger partial charge on any atom is 2.00 e. The summed E-state index contributed by atoms with van der Waals surface area (Å²) >= 11 is 0. The van der Waals surface area contributed by atoms with Crippen LogP contribution in [0.2, 0.25) is 0 Å². The largest absolute Gasteiger partial charge is 2.00 e. The SMILES string of the molecule is CCCCCCCCC(=Nc1ccccc1)C(CC)=Nc1ccccc1.CCc1ccc(O)c([O-])c1C(=O)O.CCc1ccc(O)c([O-])c1C(=O)O.[Ni+2]. The molecule has 4 N–H and O–H groups in total. The van der Waals surface area contributed by atoms with E-state index in [0.717, 1.165) is 35.6 Å². The molecule has 286 valence electrons. The number of carboxylic acids is 2. The van der Waals surface area contributed by atoms with Crippen LogP contribution < -0.4 is 10.2 Å². The zero-order chi connectivity index (χ0) is 38.5. The van der Waals surface area contributed by atoms with Crippen LogP contribution in [-0.2, 0) is 29.3 Å². The molecule has 4 aromatic rings. The van der Waals surface area contributed by atoms with Crippen molar-refractivity contribution in [1.82, 2.24) is 0 Å². The van der Waals surface area contributed by atoms with Gasteiger partial charge in [-0.05, 0) is 79.6 Å². The zero-order valence-electron chi connectivity index (χ0n) is 30.8. The number of aliphatic imine (C=N–C) groups is 2. The molecule has 0 heterocycles.